The maximum Gasteiger partial charge on any atom is 0.227 e. The molecule has 0 spiro atoms. The van der Waals surface area contributed by atoms with Crippen molar-refractivity contribution in [3.8, 4) is 22.5 Å². The maximum atomic E-state index is 12.2. The Labute approximate surface area is 234 Å². The lowest BCUT2D eigenvalue weighted by atomic mass is 10.0. The van der Waals surface area contributed by atoms with E-state index in [1.54, 1.807) is 6.20 Å². The quantitative estimate of drug-likeness (QED) is 0.294. The summed E-state index contributed by atoms with van der Waals surface area (Å²) in [5, 5.41) is 11.0. The third kappa shape index (κ3) is 6.21. The second-order valence-electron chi connectivity index (χ2n) is 10.4. The average molecular weight is 538 g/mol. The van der Waals surface area contributed by atoms with Gasteiger partial charge in [-0.15, -0.1) is 0 Å². The van der Waals surface area contributed by atoms with E-state index in [1.165, 1.54) is 5.56 Å². The van der Waals surface area contributed by atoms with Gasteiger partial charge >= 0.3 is 0 Å². The molecular formula is C31H35N7O2. The molecule has 4 aromatic rings. The summed E-state index contributed by atoms with van der Waals surface area (Å²) in [7, 11) is 0. The van der Waals surface area contributed by atoms with Gasteiger partial charge in [-0.3, -0.25) is 14.4 Å². The first-order valence-electron chi connectivity index (χ1n) is 14.1. The summed E-state index contributed by atoms with van der Waals surface area (Å²) in [6.07, 6.45) is 6.59. The van der Waals surface area contributed by atoms with Crippen LogP contribution in [0, 0.1) is 5.92 Å². The second kappa shape index (κ2) is 12.0. The van der Waals surface area contributed by atoms with E-state index >= 15 is 0 Å². The Balaban J connectivity index is 1.18. The third-order valence-corrected chi connectivity index (χ3v) is 7.45. The highest BCUT2D eigenvalue weighted by Gasteiger charge is 2.29. The number of hydrogen-bond acceptors (Lipinski definition) is 7. The van der Waals surface area contributed by atoms with E-state index in [2.05, 4.69) is 50.7 Å². The molecule has 9 heteroatoms. The van der Waals surface area contributed by atoms with Crippen LogP contribution in [0.3, 0.4) is 0 Å². The molecule has 206 valence electrons. The van der Waals surface area contributed by atoms with Crippen LogP contribution in [0.1, 0.15) is 25.3 Å². The minimum absolute atomic E-state index is 0.107. The summed E-state index contributed by atoms with van der Waals surface area (Å²) in [5.74, 6) is 0.817. The molecule has 1 amide bonds. The van der Waals surface area contributed by atoms with Gasteiger partial charge in [0.2, 0.25) is 11.9 Å². The maximum absolute atomic E-state index is 12.2. The minimum Gasteiger partial charge on any atom is -0.379 e. The van der Waals surface area contributed by atoms with Gasteiger partial charge < -0.3 is 15.4 Å². The monoisotopic (exact) mass is 537 g/mol. The summed E-state index contributed by atoms with van der Waals surface area (Å²) in [6.45, 7) is 7.45. The summed E-state index contributed by atoms with van der Waals surface area (Å²) in [6, 6.07) is 18.3. The van der Waals surface area contributed by atoms with E-state index in [1.807, 2.05) is 47.3 Å². The number of carbonyl (C=O) groups excluding carboxylic acids is 1. The molecule has 40 heavy (non-hydrogen) atoms. The highest BCUT2D eigenvalue weighted by molar-refractivity contribution is 5.94. The van der Waals surface area contributed by atoms with Crippen LogP contribution in [0.25, 0.3) is 22.5 Å². The molecule has 1 aliphatic heterocycles. The molecule has 0 bridgehead atoms. The van der Waals surface area contributed by atoms with E-state index in [0.29, 0.717) is 5.95 Å². The van der Waals surface area contributed by atoms with Crippen LogP contribution < -0.4 is 10.6 Å². The molecule has 0 unspecified atom stereocenters. The van der Waals surface area contributed by atoms with Crippen molar-refractivity contribution >= 4 is 23.2 Å². The lowest BCUT2D eigenvalue weighted by molar-refractivity contribution is -0.117. The molecule has 2 aliphatic rings. The fourth-order valence-corrected chi connectivity index (χ4v) is 5.03. The van der Waals surface area contributed by atoms with Crippen molar-refractivity contribution in [1.82, 2.24) is 24.6 Å². The topological polar surface area (TPSA) is 97.2 Å². The van der Waals surface area contributed by atoms with Crippen molar-refractivity contribution in [2.75, 3.05) is 43.5 Å². The first-order chi connectivity index (χ1) is 19.7. The van der Waals surface area contributed by atoms with Gasteiger partial charge in [-0.05, 0) is 62.1 Å². The molecule has 3 heterocycles. The van der Waals surface area contributed by atoms with Gasteiger partial charge in [0.1, 0.15) is 0 Å². The van der Waals surface area contributed by atoms with E-state index < -0.39 is 0 Å². The zero-order chi connectivity index (χ0) is 27.3. The SMILES string of the molecule is CCn1ncc(-c2ccnc(Nc3cccc(CCN4CCOCC4)c3)n2)c1-c1ccc(NC(=O)C2CC2)cc1. The highest BCUT2D eigenvalue weighted by atomic mass is 16.5. The number of anilines is 3. The molecule has 0 atom stereocenters. The smallest absolute Gasteiger partial charge is 0.227 e. The molecule has 2 N–H and O–H groups in total. The molecule has 6 rings (SSSR count). The zero-order valence-electron chi connectivity index (χ0n) is 22.8. The Hall–Kier alpha value is -4.08. The highest BCUT2D eigenvalue weighted by Crippen LogP contribution is 2.33. The zero-order valence-corrected chi connectivity index (χ0v) is 22.8. The van der Waals surface area contributed by atoms with Gasteiger partial charge in [0.05, 0.1) is 30.8 Å². The lowest BCUT2D eigenvalue weighted by Gasteiger charge is -2.26. The normalized spacial score (nSPS) is 15.6. The number of ether oxygens (including phenoxy) is 1. The molecule has 2 aromatic carbocycles. The van der Waals surface area contributed by atoms with E-state index in [-0.39, 0.29) is 11.8 Å². The molecular weight excluding hydrogens is 502 g/mol. The van der Waals surface area contributed by atoms with Crippen molar-refractivity contribution in [2.24, 2.45) is 5.92 Å². The standard InChI is InChI=1S/C31H35N7O2/c1-2-38-29(23-8-10-25(11-9-23)34-30(39)24-6-7-24)27(21-33-38)28-12-14-32-31(36-28)35-26-5-3-4-22(20-26)13-15-37-16-18-40-19-17-37/h3-5,8-12,14,20-21,24H,2,6-7,13,15-19H2,1H3,(H,34,39)(H,32,35,36). The predicted molar refractivity (Wildman–Crippen MR) is 156 cm³/mol. The first kappa shape index (κ1) is 26.2. The first-order valence-corrected chi connectivity index (χ1v) is 14.1. The molecule has 1 saturated heterocycles. The molecule has 2 aromatic heterocycles. The van der Waals surface area contributed by atoms with Crippen LogP contribution >= 0.6 is 0 Å². The fraction of sp³-hybridized carbons (Fsp3) is 0.355. The number of nitrogens with one attached hydrogen (secondary N) is 2. The van der Waals surface area contributed by atoms with Crippen molar-refractivity contribution in [2.45, 2.75) is 32.7 Å². The second-order valence-corrected chi connectivity index (χ2v) is 10.4. The molecule has 2 fully saturated rings. The number of aromatic nitrogens is 4. The van der Waals surface area contributed by atoms with Gasteiger partial charge in [0.15, 0.2) is 0 Å². The number of carbonyl (C=O) groups is 1. The van der Waals surface area contributed by atoms with E-state index in [0.717, 1.165) is 92.5 Å². The summed E-state index contributed by atoms with van der Waals surface area (Å²) < 4.78 is 7.43. The van der Waals surface area contributed by atoms with E-state index in [4.69, 9.17) is 9.72 Å². The van der Waals surface area contributed by atoms with Crippen LogP contribution in [0.5, 0.6) is 0 Å². The van der Waals surface area contributed by atoms with Gasteiger partial charge in [0, 0.05) is 60.8 Å². The molecule has 9 nitrogen and oxygen atoms in total. The predicted octanol–water partition coefficient (Wildman–Crippen LogP) is 4.99. The van der Waals surface area contributed by atoms with Crippen molar-refractivity contribution < 1.29 is 9.53 Å². The Bertz CT molecular complexity index is 1460. The average Bonchev–Trinajstić information content (AvgIpc) is 3.76. The number of rotatable bonds is 10. The van der Waals surface area contributed by atoms with E-state index in [9.17, 15) is 4.79 Å². The number of hydrogen-bond donors (Lipinski definition) is 2. The minimum atomic E-state index is 0.107. The largest absolute Gasteiger partial charge is 0.379 e. The third-order valence-electron chi connectivity index (χ3n) is 7.45. The van der Waals surface area contributed by atoms with Gasteiger partial charge in [0.25, 0.3) is 0 Å². The number of nitrogens with zero attached hydrogens (tertiary/aromatic N) is 5. The van der Waals surface area contributed by atoms with Crippen LogP contribution in [-0.2, 0) is 22.5 Å². The van der Waals surface area contributed by atoms with Gasteiger partial charge in [-0.25, -0.2) is 9.97 Å². The van der Waals surface area contributed by atoms with Crippen molar-refractivity contribution in [1.29, 1.82) is 0 Å². The number of aryl methyl sites for hydroxylation is 1. The van der Waals surface area contributed by atoms with Gasteiger partial charge in [-0.2, -0.15) is 5.10 Å². The number of amides is 1. The number of benzene rings is 2. The lowest BCUT2D eigenvalue weighted by Crippen LogP contribution is -2.37. The molecule has 1 aliphatic carbocycles. The molecule has 1 saturated carbocycles. The summed E-state index contributed by atoms with van der Waals surface area (Å²) in [4.78, 5) is 23.9. The Morgan fingerprint density at radius 3 is 2.65 bits per heavy atom. The Morgan fingerprint density at radius 1 is 1.05 bits per heavy atom. The summed E-state index contributed by atoms with van der Waals surface area (Å²) in [5.41, 5.74) is 6.77. The van der Waals surface area contributed by atoms with Crippen LogP contribution in [0.15, 0.2) is 67.0 Å². The van der Waals surface area contributed by atoms with Crippen molar-refractivity contribution in [3.05, 3.63) is 72.6 Å². The van der Waals surface area contributed by atoms with Crippen LogP contribution in [0.2, 0.25) is 0 Å². The van der Waals surface area contributed by atoms with Crippen LogP contribution in [0.4, 0.5) is 17.3 Å². The van der Waals surface area contributed by atoms with Crippen LogP contribution in [-0.4, -0.2) is 63.4 Å². The Morgan fingerprint density at radius 2 is 1.88 bits per heavy atom. The molecule has 0 radical (unpaired) electrons. The fourth-order valence-electron chi connectivity index (χ4n) is 5.03. The summed E-state index contributed by atoms with van der Waals surface area (Å²) >= 11 is 0. The van der Waals surface area contributed by atoms with Gasteiger partial charge in [-0.1, -0.05) is 24.3 Å². The number of morpholine rings is 1. The Kier molecular flexibility index (Phi) is 7.83. The van der Waals surface area contributed by atoms with Crippen molar-refractivity contribution in [3.63, 3.8) is 0 Å².